The molecular formula is C18H15Br2N3O2. The molecule has 0 aliphatic rings. The van der Waals surface area contributed by atoms with Crippen LogP contribution in [0.5, 0.6) is 0 Å². The molecule has 2 aromatic carbocycles. The van der Waals surface area contributed by atoms with Crippen LogP contribution in [0.2, 0.25) is 0 Å². The Bertz CT molecular complexity index is 892. The number of carbonyl (C=O) groups is 1. The fraction of sp³-hybridized carbons (Fsp3) is 0.167. The lowest BCUT2D eigenvalue weighted by Crippen LogP contribution is -2.09. The SMILES string of the molecule is CCOC(=O)c1nnn(Cc2cccc(Br)c2)c1-c1ccc(Br)cc1. The van der Waals surface area contributed by atoms with Crippen molar-refractivity contribution in [2.24, 2.45) is 0 Å². The molecule has 0 saturated heterocycles. The first-order valence-corrected chi connectivity index (χ1v) is 9.28. The molecule has 0 radical (unpaired) electrons. The number of aromatic nitrogens is 3. The summed E-state index contributed by atoms with van der Waals surface area (Å²) in [6, 6.07) is 15.6. The first-order valence-electron chi connectivity index (χ1n) is 7.69. The minimum atomic E-state index is -0.471. The molecule has 0 bridgehead atoms. The molecule has 7 heteroatoms. The zero-order chi connectivity index (χ0) is 17.8. The van der Waals surface area contributed by atoms with Crippen LogP contribution in [0, 0.1) is 0 Å². The Morgan fingerprint density at radius 2 is 1.88 bits per heavy atom. The van der Waals surface area contributed by atoms with Crippen LogP contribution in [0.3, 0.4) is 0 Å². The van der Waals surface area contributed by atoms with E-state index in [4.69, 9.17) is 4.74 Å². The van der Waals surface area contributed by atoms with Gasteiger partial charge in [-0.2, -0.15) is 0 Å². The van der Waals surface area contributed by atoms with Crippen molar-refractivity contribution in [2.45, 2.75) is 13.5 Å². The highest BCUT2D eigenvalue weighted by molar-refractivity contribution is 9.10. The van der Waals surface area contributed by atoms with Crippen molar-refractivity contribution in [3.05, 3.63) is 68.7 Å². The number of hydrogen-bond donors (Lipinski definition) is 0. The average molecular weight is 465 g/mol. The van der Waals surface area contributed by atoms with Crippen molar-refractivity contribution in [3.8, 4) is 11.3 Å². The minimum Gasteiger partial charge on any atom is -0.461 e. The number of nitrogens with zero attached hydrogens (tertiary/aromatic N) is 3. The first-order chi connectivity index (χ1) is 12.1. The van der Waals surface area contributed by atoms with Gasteiger partial charge in [0.05, 0.1) is 13.2 Å². The summed E-state index contributed by atoms with van der Waals surface area (Å²) < 4.78 is 8.79. The van der Waals surface area contributed by atoms with Gasteiger partial charge in [-0.3, -0.25) is 0 Å². The molecule has 0 fully saturated rings. The Labute approximate surface area is 162 Å². The van der Waals surface area contributed by atoms with Crippen molar-refractivity contribution in [3.63, 3.8) is 0 Å². The Balaban J connectivity index is 2.05. The third-order valence-corrected chi connectivity index (χ3v) is 4.56. The number of benzene rings is 2. The van der Waals surface area contributed by atoms with E-state index >= 15 is 0 Å². The molecule has 1 heterocycles. The predicted molar refractivity (Wildman–Crippen MR) is 102 cm³/mol. The Hall–Kier alpha value is -1.99. The Kier molecular flexibility index (Phi) is 5.65. The fourth-order valence-corrected chi connectivity index (χ4v) is 3.17. The van der Waals surface area contributed by atoms with Crippen LogP contribution < -0.4 is 0 Å². The molecule has 5 nitrogen and oxygen atoms in total. The van der Waals surface area contributed by atoms with E-state index in [2.05, 4.69) is 42.2 Å². The Morgan fingerprint density at radius 3 is 2.56 bits per heavy atom. The highest BCUT2D eigenvalue weighted by Crippen LogP contribution is 2.26. The van der Waals surface area contributed by atoms with Crippen molar-refractivity contribution < 1.29 is 9.53 Å². The summed E-state index contributed by atoms with van der Waals surface area (Å²) in [6.07, 6.45) is 0. The second kappa shape index (κ2) is 7.93. The normalized spacial score (nSPS) is 10.7. The molecule has 3 aromatic rings. The van der Waals surface area contributed by atoms with Crippen LogP contribution in [-0.4, -0.2) is 27.6 Å². The third kappa shape index (κ3) is 4.16. The van der Waals surface area contributed by atoms with Gasteiger partial charge in [0.15, 0.2) is 5.69 Å². The smallest absolute Gasteiger partial charge is 0.361 e. The summed E-state index contributed by atoms with van der Waals surface area (Å²) in [5, 5.41) is 8.25. The second-order valence-electron chi connectivity index (χ2n) is 5.30. The van der Waals surface area contributed by atoms with Gasteiger partial charge in [-0.1, -0.05) is 61.3 Å². The van der Waals surface area contributed by atoms with Gasteiger partial charge in [0, 0.05) is 14.5 Å². The van der Waals surface area contributed by atoms with Crippen LogP contribution >= 0.6 is 31.9 Å². The molecule has 0 aliphatic heterocycles. The van der Waals surface area contributed by atoms with Crippen LogP contribution in [0.25, 0.3) is 11.3 Å². The number of halogens is 2. The summed E-state index contributed by atoms with van der Waals surface area (Å²) in [4.78, 5) is 12.3. The molecule has 1 aromatic heterocycles. The maximum Gasteiger partial charge on any atom is 0.361 e. The lowest BCUT2D eigenvalue weighted by molar-refractivity contribution is 0.0520. The van der Waals surface area contributed by atoms with Gasteiger partial charge in [-0.05, 0) is 36.8 Å². The second-order valence-corrected chi connectivity index (χ2v) is 7.13. The van der Waals surface area contributed by atoms with Crippen molar-refractivity contribution in [1.82, 2.24) is 15.0 Å². The van der Waals surface area contributed by atoms with Gasteiger partial charge in [-0.15, -0.1) is 5.10 Å². The molecule has 0 spiro atoms. The lowest BCUT2D eigenvalue weighted by Gasteiger charge is -2.09. The molecule has 0 amide bonds. The number of esters is 1. The molecule has 0 atom stereocenters. The lowest BCUT2D eigenvalue weighted by atomic mass is 10.1. The van der Waals surface area contributed by atoms with E-state index < -0.39 is 5.97 Å². The zero-order valence-corrected chi connectivity index (χ0v) is 16.6. The summed E-state index contributed by atoms with van der Waals surface area (Å²) in [7, 11) is 0. The van der Waals surface area contributed by atoms with Gasteiger partial charge in [0.1, 0.15) is 5.69 Å². The van der Waals surface area contributed by atoms with E-state index in [1.165, 1.54) is 0 Å². The van der Waals surface area contributed by atoms with Crippen molar-refractivity contribution >= 4 is 37.8 Å². The van der Waals surface area contributed by atoms with Crippen LogP contribution in [-0.2, 0) is 11.3 Å². The van der Waals surface area contributed by atoms with E-state index in [0.29, 0.717) is 12.2 Å². The van der Waals surface area contributed by atoms with Gasteiger partial charge < -0.3 is 4.74 Å². The highest BCUT2D eigenvalue weighted by Gasteiger charge is 2.22. The van der Waals surface area contributed by atoms with Crippen LogP contribution in [0.15, 0.2) is 57.5 Å². The fourth-order valence-electron chi connectivity index (χ4n) is 2.46. The van der Waals surface area contributed by atoms with Crippen LogP contribution in [0.4, 0.5) is 0 Å². The summed E-state index contributed by atoms with van der Waals surface area (Å²) >= 11 is 6.90. The number of rotatable bonds is 5. The maximum absolute atomic E-state index is 12.3. The van der Waals surface area contributed by atoms with Gasteiger partial charge in [0.25, 0.3) is 0 Å². The molecular weight excluding hydrogens is 450 g/mol. The number of hydrogen-bond acceptors (Lipinski definition) is 4. The monoisotopic (exact) mass is 463 g/mol. The maximum atomic E-state index is 12.3. The number of carbonyl (C=O) groups excluding carboxylic acids is 1. The van der Waals surface area contributed by atoms with Crippen molar-refractivity contribution in [2.75, 3.05) is 6.61 Å². The third-order valence-electron chi connectivity index (χ3n) is 3.54. The van der Waals surface area contributed by atoms with Gasteiger partial charge in [-0.25, -0.2) is 9.48 Å². The summed E-state index contributed by atoms with van der Waals surface area (Å²) in [5.41, 5.74) is 2.77. The van der Waals surface area contributed by atoms with Crippen LogP contribution in [0.1, 0.15) is 23.0 Å². The van der Waals surface area contributed by atoms with Gasteiger partial charge in [0.2, 0.25) is 0 Å². The standard InChI is InChI=1S/C18H15Br2N3O2/c1-2-25-18(24)16-17(13-6-8-14(19)9-7-13)23(22-21-16)11-12-4-3-5-15(20)10-12/h3-10H,2,11H2,1H3. The predicted octanol–water partition coefficient (Wildman–Crippen LogP) is 4.70. The first kappa shape index (κ1) is 17.8. The Morgan fingerprint density at radius 1 is 1.12 bits per heavy atom. The summed E-state index contributed by atoms with van der Waals surface area (Å²) in [5.74, 6) is -0.471. The van der Waals surface area contributed by atoms with E-state index in [1.54, 1.807) is 11.6 Å². The average Bonchev–Trinajstić information content (AvgIpc) is 2.99. The van der Waals surface area contributed by atoms with Crippen molar-refractivity contribution in [1.29, 1.82) is 0 Å². The topological polar surface area (TPSA) is 57.0 Å². The quantitative estimate of drug-likeness (QED) is 0.513. The van der Waals surface area contributed by atoms with Gasteiger partial charge >= 0.3 is 5.97 Å². The summed E-state index contributed by atoms with van der Waals surface area (Å²) in [6.45, 7) is 2.55. The largest absolute Gasteiger partial charge is 0.461 e. The molecule has 128 valence electrons. The van der Waals surface area contributed by atoms with E-state index in [9.17, 15) is 4.79 Å². The molecule has 0 aliphatic carbocycles. The number of ether oxygens (including phenoxy) is 1. The molecule has 25 heavy (non-hydrogen) atoms. The highest BCUT2D eigenvalue weighted by atomic mass is 79.9. The molecule has 0 N–H and O–H groups in total. The van der Waals surface area contributed by atoms with E-state index in [1.807, 2.05) is 48.5 Å². The molecule has 0 unspecified atom stereocenters. The molecule has 3 rings (SSSR count). The molecule has 0 saturated carbocycles. The van der Waals surface area contributed by atoms with E-state index in [0.717, 1.165) is 20.1 Å². The van der Waals surface area contributed by atoms with E-state index in [-0.39, 0.29) is 12.3 Å². The minimum absolute atomic E-state index is 0.221. The zero-order valence-electron chi connectivity index (χ0n) is 13.4.